The third-order valence-corrected chi connectivity index (χ3v) is 6.01. The third kappa shape index (κ3) is 4.93. The molecule has 4 nitrogen and oxygen atoms in total. The van der Waals surface area contributed by atoms with Crippen LogP contribution in [0.4, 0.5) is 0 Å². The average molecular weight is 374 g/mol. The van der Waals surface area contributed by atoms with Crippen molar-refractivity contribution in [2.24, 2.45) is 0 Å². The van der Waals surface area contributed by atoms with Crippen molar-refractivity contribution in [3.05, 3.63) is 58.3 Å². The summed E-state index contributed by atoms with van der Waals surface area (Å²) in [5, 5.41) is 2.12. The molecule has 0 N–H and O–H groups in total. The predicted octanol–water partition coefficient (Wildman–Crippen LogP) is 4.23. The SMILES string of the molecule is c1ccc(CC2OCC(OC(CCN3CCCC3)c3cccs3)O2)cc1. The van der Waals surface area contributed by atoms with E-state index in [9.17, 15) is 0 Å². The van der Waals surface area contributed by atoms with E-state index in [4.69, 9.17) is 14.2 Å². The highest BCUT2D eigenvalue weighted by Crippen LogP contribution is 2.30. The van der Waals surface area contributed by atoms with E-state index in [0.717, 1.165) is 19.4 Å². The van der Waals surface area contributed by atoms with Crippen LogP contribution in [0.15, 0.2) is 47.8 Å². The molecule has 0 aliphatic carbocycles. The molecular weight excluding hydrogens is 346 g/mol. The first-order valence-corrected chi connectivity index (χ1v) is 10.5. The van der Waals surface area contributed by atoms with E-state index in [2.05, 4.69) is 34.5 Å². The van der Waals surface area contributed by atoms with Gasteiger partial charge in [0.25, 0.3) is 0 Å². The van der Waals surface area contributed by atoms with Gasteiger partial charge in [0.05, 0.1) is 6.10 Å². The number of ether oxygens (including phenoxy) is 3. The van der Waals surface area contributed by atoms with Gasteiger partial charge < -0.3 is 19.1 Å². The highest BCUT2D eigenvalue weighted by atomic mass is 32.1. The number of nitrogens with zero attached hydrogens (tertiary/aromatic N) is 1. The van der Waals surface area contributed by atoms with Crippen LogP contribution in [-0.2, 0) is 20.6 Å². The summed E-state index contributed by atoms with van der Waals surface area (Å²) in [4.78, 5) is 3.81. The summed E-state index contributed by atoms with van der Waals surface area (Å²) in [6.45, 7) is 4.03. The fraction of sp³-hybridized carbons (Fsp3) is 0.524. The number of rotatable bonds is 8. The normalized spacial score (nSPS) is 24.9. The standard InChI is InChI=1S/C21H27NO3S/c1-2-7-17(8-3-1)15-20-23-16-21(25-20)24-18(19-9-6-14-26-19)10-13-22-11-4-5-12-22/h1-3,6-9,14,18,20-21H,4-5,10-13,15-16H2. The maximum absolute atomic E-state index is 6.32. The van der Waals surface area contributed by atoms with Crippen LogP contribution in [0.3, 0.4) is 0 Å². The van der Waals surface area contributed by atoms with E-state index in [1.165, 1.54) is 36.4 Å². The van der Waals surface area contributed by atoms with Crippen molar-refractivity contribution in [1.82, 2.24) is 4.90 Å². The van der Waals surface area contributed by atoms with Crippen molar-refractivity contribution >= 4 is 11.3 Å². The van der Waals surface area contributed by atoms with Crippen LogP contribution < -0.4 is 0 Å². The highest BCUT2D eigenvalue weighted by Gasteiger charge is 2.30. The Balaban J connectivity index is 1.30. The topological polar surface area (TPSA) is 30.9 Å². The molecule has 4 rings (SSSR count). The zero-order valence-electron chi connectivity index (χ0n) is 15.1. The van der Waals surface area contributed by atoms with Crippen LogP contribution in [0, 0.1) is 0 Å². The van der Waals surface area contributed by atoms with Gasteiger partial charge in [-0.05, 0) is 49.4 Å². The first kappa shape index (κ1) is 18.1. The molecule has 1 aromatic carbocycles. The molecule has 2 fully saturated rings. The van der Waals surface area contributed by atoms with Gasteiger partial charge in [0.1, 0.15) is 6.61 Å². The lowest BCUT2D eigenvalue weighted by molar-refractivity contribution is -0.168. The summed E-state index contributed by atoms with van der Waals surface area (Å²) in [7, 11) is 0. The Kier molecular flexibility index (Phi) is 6.35. The first-order chi connectivity index (χ1) is 12.9. The minimum Gasteiger partial charge on any atom is -0.347 e. The molecule has 26 heavy (non-hydrogen) atoms. The highest BCUT2D eigenvalue weighted by molar-refractivity contribution is 7.10. The summed E-state index contributed by atoms with van der Waals surface area (Å²) < 4.78 is 18.1. The molecular formula is C21H27NO3S. The van der Waals surface area contributed by atoms with Crippen LogP contribution in [0.25, 0.3) is 0 Å². The van der Waals surface area contributed by atoms with Crippen LogP contribution in [0.5, 0.6) is 0 Å². The lowest BCUT2D eigenvalue weighted by Gasteiger charge is -2.23. The number of hydrogen-bond acceptors (Lipinski definition) is 5. The molecule has 2 aliphatic rings. The van der Waals surface area contributed by atoms with Gasteiger partial charge in [-0.1, -0.05) is 36.4 Å². The molecule has 1 aromatic heterocycles. The van der Waals surface area contributed by atoms with Crippen molar-refractivity contribution in [2.75, 3.05) is 26.2 Å². The fourth-order valence-electron chi connectivity index (χ4n) is 3.66. The Morgan fingerprint density at radius 3 is 2.73 bits per heavy atom. The lowest BCUT2D eigenvalue weighted by atomic mass is 10.1. The van der Waals surface area contributed by atoms with Gasteiger partial charge in [0.2, 0.25) is 0 Å². The Hall–Kier alpha value is -1.24. The number of benzene rings is 1. The van der Waals surface area contributed by atoms with Gasteiger partial charge in [-0.25, -0.2) is 0 Å². The van der Waals surface area contributed by atoms with E-state index < -0.39 is 0 Å². The summed E-state index contributed by atoms with van der Waals surface area (Å²) in [6.07, 6.45) is 4.00. The Labute approximate surface area is 159 Å². The van der Waals surface area contributed by atoms with E-state index >= 15 is 0 Å². The Bertz CT molecular complexity index is 643. The molecule has 2 saturated heterocycles. The fourth-order valence-corrected chi connectivity index (χ4v) is 4.46. The molecule has 3 unspecified atom stereocenters. The van der Waals surface area contributed by atoms with Crippen LogP contribution in [0.1, 0.15) is 35.8 Å². The number of thiophene rings is 1. The molecule has 3 atom stereocenters. The second-order valence-electron chi connectivity index (χ2n) is 7.00. The molecule has 0 spiro atoms. The predicted molar refractivity (Wildman–Crippen MR) is 103 cm³/mol. The summed E-state index contributed by atoms with van der Waals surface area (Å²) in [5.74, 6) is 0. The molecule has 0 radical (unpaired) electrons. The van der Waals surface area contributed by atoms with Gasteiger partial charge in [-0.2, -0.15) is 0 Å². The van der Waals surface area contributed by atoms with Crippen molar-refractivity contribution in [3.8, 4) is 0 Å². The Morgan fingerprint density at radius 2 is 1.96 bits per heavy atom. The van der Waals surface area contributed by atoms with E-state index in [1.54, 1.807) is 11.3 Å². The minimum absolute atomic E-state index is 0.0830. The smallest absolute Gasteiger partial charge is 0.184 e. The molecule has 3 heterocycles. The first-order valence-electron chi connectivity index (χ1n) is 9.59. The maximum atomic E-state index is 6.32. The molecule has 2 aliphatic heterocycles. The molecule has 0 bridgehead atoms. The van der Waals surface area contributed by atoms with Crippen LogP contribution in [-0.4, -0.2) is 43.7 Å². The van der Waals surface area contributed by atoms with Gasteiger partial charge in [-0.15, -0.1) is 11.3 Å². The van der Waals surface area contributed by atoms with Crippen LogP contribution >= 0.6 is 11.3 Å². The lowest BCUT2D eigenvalue weighted by Crippen LogP contribution is -2.25. The molecule has 140 valence electrons. The second-order valence-corrected chi connectivity index (χ2v) is 7.98. The quantitative estimate of drug-likeness (QED) is 0.693. The van der Waals surface area contributed by atoms with E-state index in [-0.39, 0.29) is 18.7 Å². The van der Waals surface area contributed by atoms with Crippen molar-refractivity contribution < 1.29 is 14.2 Å². The molecule has 2 aromatic rings. The second kappa shape index (κ2) is 9.11. The third-order valence-electron chi connectivity index (χ3n) is 5.05. The van der Waals surface area contributed by atoms with E-state index in [1.807, 2.05) is 18.2 Å². The zero-order valence-corrected chi connectivity index (χ0v) is 15.9. The summed E-state index contributed by atoms with van der Waals surface area (Å²) >= 11 is 1.76. The van der Waals surface area contributed by atoms with Crippen LogP contribution in [0.2, 0.25) is 0 Å². The summed E-state index contributed by atoms with van der Waals surface area (Å²) in [6, 6.07) is 14.6. The summed E-state index contributed by atoms with van der Waals surface area (Å²) in [5.41, 5.74) is 1.22. The zero-order chi connectivity index (χ0) is 17.6. The van der Waals surface area contributed by atoms with Gasteiger partial charge in [0.15, 0.2) is 12.6 Å². The number of likely N-dealkylation sites (tertiary alicyclic amines) is 1. The largest absolute Gasteiger partial charge is 0.347 e. The minimum atomic E-state index is -0.283. The van der Waals surface area contributed by atoms with Crippen molar-refractivity contribution in [2.45, 2.75) is 44.4 Å². The van der Waals surface area contributed by atoms with Crippen molar-refractivity contribution in [3.63, 3.8) is 0 Å². The number of hydrogen-bond donors (Lipinski definition) is 0. The Morgan fingerprint density at radius 1 is 1.12 bits per heavy atom. The molecule has 0 amide bonds. The van der Waals surface area contributed by atoms with Crippen molar-refractivity contribution in [1.29, 1.82) is 0 Å². The van der Waals surface area contributed by atoms with Gasteiger partial charge in [0, 0.05) is 17.8 Å². The van der Waals surface area contributed by atoms with Gasteiger partial charge >= 0.3 is 0 Å². The maximum Gasteiger partial charge on any atom is 0.184 e. The van der Waals surface area contributed by atoms with E-state index in [0.29, 0.717) is 6.61 Å². The monoisotopic (exact) mass is 373 g/mol. The van der Waals surface area contributed by atoms with Gasteiger partial charge in [-0.3, -0.25) is 0 Å². The molecule has 5 heteroatoms. The average Bonchev–Trinajstić information content (AvgIpc) is 3.42. The molecule has 0 saturated carbocycles.